The third-order valence-electron chi connectivity index (χ3n) is 2.79. The summed E-state index contributed by atoms with van der Waals surface area (Å²) in [6.07, 6.45) is 0. The van der Waals surface area contributed by atoms with Gasteiger partial charge in [-0.25, -0.2) is 4.39 Å². The molecule has 0 amide bonds. The molecule has 1 aromatic rings. The highest BCUT2D eigenvalue weighted by molar-refractivity contribution is 5.23. The maximum absolute atomic E-state index is 13.0. The Hall–Kier alpha value is -0.930. The molecule has 0 heterocycles. The van der Waals surface area contributed by atoms with Crippen LogP contribution in [0.3, 0.4) is 0 Å². The van der Waals surface area contributed by atoms with Gasteiger partial charge in [-0.1, -0.05) is 26.0 Å². The quantitative estimate of drug-likeness (QED) is 0.805. The molecule has 0 aliphatic carbocycles. The lowest BCUT2D eigenvalue weighted by atomic mass is 10.0. The van der Waals surface area contributed by atoms with Crippen molar-refractivity contribution in [2.75, 3.05) is 6.61 Å². The Kier molecular flexibility index (Phi) is 4.90. The van der Waals surface area contributed by atoms with Gasteiger partial charge in [-0.3, -0.25) is 0 Å². The Morgan fingerprint density at radius 2 is 2.06 bits per heavy atom. The normalized spacial score (nSPS) is 13.1. The average Bonchev–Trinajstić information content (AvgIpc) is 2.23. The van der Waals surface area contributed by atoms with Crippen molar-refractivity contribution >= 4 is 0 Å². The lowest BCUT2D eigenvalue weighted by molar-refractivity contribution is 0.210. The van der Waals surface area contributed by atoms with Crippen LogP contribution in [-0.2, 0) is 6.54 Å². The van der Waals surface area contributed by atoms with Gasteiger partial charge in [-0.05, 0) is 30.0 Å². The molecule has 0 bridgehead atoms. The molecular formula is C13H20FNO. The summed E-state index contributed by atoms with van der Waals surface area (Å²) in [5.74, 6) is 0.206. The second-order valence-electron chi connectivity index (χ2n) is 4.50. The average molecular weight is 225 g/mol. The summed E-state index contributed by atoms with van der Waals surface area (Å²) >= 11 is 0. The Labute approximate surface area is 96.5 Å². The lowest BCUT2D eigenvalue weighted by Crippen LogP contribution is -2.36. The van der Waals surface area contributed by atoms with Gasteiger partial charge >= 0.3 is 0 Å². The van der Waals surface area contributed by atoms with Crippen molar-refractivity contribution in [3.63, 3.8) is 0 Å². The van der Waals surface area contributed by atoms with Crippen molar-refractivity contribution in [3.8, 4) is 0 Å². The maximum atomic E-state index is 13.0. The third kappa shape index (κ3) is 3.58. The Morgan fingerprint density at radius 3 is 2.56 bits per heavy atom. The van der Waals surface area contributed by atoms with Gasteiger partial charge in [-0.15, -0.1) is 0 Å². The van der Waals surface area contributed by atoms with Crippen LogP contribution in [0.15, 0.2) is 18.2 Å². The molecule has 90 valence electrons. The number of aryl methyl sites for hydroxylation is 1. The number of aliphatic hydroxyl groups is 1. The number of aliphatic hydroxyl groups excluding tert-OH is 1. The van der Waals surface area contributed by atoms with E-state index in [4.69, 9.17) is 5.11 Å². The van der Waals surface area contributed by atoms with Gasteiger partial charge in [0, 0.05) is 12.6 Å². The van der Waals surface area contributed by atoms with Crippen LogP contribution in [0.2, 0.25) is 0 Å². The van der Waals surface area contributed by atoms with Gasteiger partial charge in [0.25, 0.3) is 0 Å². The van der Waals surface area contributed by atoms with Gasteiger partial charge < -0.3 is 10.4 Å². The highest BCUT2D eigenvalue weighted by atomic mass is 19.1. The molecule has 0 radical (unpaired) electrons. The van der Waals surface area contributed by atoms with E-state index in [1.807, 2.05) is 6.07 Å². The van der Waals surface area contributed by atoms with E-state index in [1.165, 1.54) is 6.07 Å². The number of hydrogen-bond acceptors (Lipinski definition) is 2. The van der Waals surface area contributed by atoms with E-state index < -0.39 is 0 Å². The number of nitrogens with one attached hydrogen (secondary N) is 1. The Morgan fingerprint density at radius 1 is 1.38 bits per heavy atom. The zero-order chi connectivity index (χ0) is 12.1. The highest BCUT2D eigenvalue weighted by Gasteiger charge is 2.11. The first-order chi connectivity index (χ1) is 7.54. The van der Waals surface area contributed by atoms with Crippen molar-refractivity contribution in [2.24, 2.45) is 5.92 Å². The van der Waals surface area contributed by atoms with E-state index in [-0.39, 0.29) is 18.5 Å². The predicted octanol–water partition coefficient (Wildman–Crippen LogP) is 2.24. The molecule has 3 heteroatoms. The summed E-state index contributed by atoms with van der Waals surface area (Å²) in [6.45, 7) is 6.65. The van der Waals surface area contributed by atoms with Gasteiger partial charge in [0.15, 0.2) is 0 Å². The van der Waals surface area contributed by atoms with Gasteiger partial charge in [0.05, 0.1) is 6.61 Å². The molecule has 2 N–H and O–H groups in total. The Balaban J connectivity index is 2.57. The van der Waals surface area contributed by atoms with E-state index in [0.717, 1.165) is 5.56 Å². The van der Waals surface area contributed by atoms with Crippen LogP contribution < -0.4 is 5.32 Å². The summed E-state index contributed by atoms with van der Waals surface area (Å²) in [7, 11) is 0. The van der Waals surface area contributed by atoms with Crippen molar-refractivity contribution in [1.82, 2.24) is 5.32 Å². The first kappa shape index (κ1) is 13.1. The van der Waals surface area contributed by atoms with Crippen LogP contribution in [0, 0.1) is 18.7 Å². The van der Waals surface area contributed by atoms with E-state index in [2.05, 4.69) is 19.2 Å². The monoisotopic (exact) mass is 225 g/mol. The summed E-state index contributed by atoms with van der Waals surface area (Å²) < 4.78 is 13.0. The van der Waals surface area contributed by atoms with Crippen molar-refractivity contribution in [3.05, 3.63) is 35.1 Å². The molecule has 0 aliphatic heterocycles. The molecule has 1 rings (SSSR count). The number of hydrogen-bond donors (Lipinski definition) is 2. The third-order valence-corrected chi connectivity index (χ3v) is 2.79. The zero-order valence-corrected chi connectivity index (χ0v) is 10.1. The molecule has 0 spiro atoms. The first-order valence-electron chi connectivity index (χ1n) is 5.64. The fourth-order valence-corrected chi connectivity index (χ4v) is 1.58. The predicted molar refractivity (Wildman–Crippen MR) is 63.7 cm³/mol. The fourth-order valence-electron chi connectivity index (χ4n) is 1.58. The summed E-state index contributed by atoms with van der Waals surface area (Å²) in [5.41, 5.74) is 1.70. The molecule has 0 aliphatic rings. The van der Waals surface area contributed by atoms with Gasteiger partial charge in [-0.2, -0.15) is 0 Å². The molecule has 1 aromatic carbocycles. The zero-order valence-electron chi connectivity index (χ0n) is 10.1. The summed E-state index contributed by atoms with van der Waals surface area (Å²) in [5, 5.41) is 12.4. The summed E-state index contributed by atoms with van der Waals surface area (Å²) in [6, 6.07) is 5.17. The molecule has 0 unspecified atom stereocenters. The van der Waals surface area contributed by atoms with Crippen molar-refractivity contribution < 1.29 is 9.50 Å². The minimum absolute atomic E-state index is 0.0883. The second-order valence-corrected chi connectivity index (χ2v) is 4.50. The molecule has 0 saturated heterocycles. The van der Waals surface area contributed by atoms with E-state index in [0.29, 0.717) is 18.0 Å². The second kappa shape index (κ2) is 5.97. The van der Waals surface area contributed by atoms with E-state index in [1.54, 1.807) is 13.0 Å². The molecule has 2 nitrogen and oxygen atoms in total. The first-order valence-corrected chi connectivity index (χ1v) is 5.64. The highest BCUT2D eigenvalue weighted by Crippen LogP contribution is 2.10. The van der Waals surface area contributed by atoms with Gasteiger partial charge in [0.2, 0.25) is 0 Å². The minimum Gasteiger partial charge on any atom is -0.395 e. The number of benzene rings is 1. The van der Waals surface area contributed by atoms with Crippen molar-refractivity contribution in [1.29, 1.82) is 0 Å². The van der Waals surface area contributed by atoms with Gasteiger partial charge in [0.1, 0.15) is 5.82 Å². The molecule has 16 heavy (non-hydrogen) atoms. The largest absolute Gasteiger partial charge is 0.395 e. The molecule has 0 fully saturated rings. The maximum Gasteiger partial charge on any atom is 0.126 e. The Bertz CT molecular complexity index is 339. The summed E-state index contributed by atoms with van der Waals surface area (Å²) in [4.78, 5) is 0. The van der Waals surface area contributed by atoms with Crippen LogP contribution in [0.1, 0.15) is 25.0 Å². The van der Waals surface area contributed by atoms with Crippen LogP contribution in [0.25, 0.3) is 0 Å². The van der Waals surface area contributed by atoms with Crippen LogP contribution in [0.5, 0.6) is 0 Å². The molecule has 1 atom stereocenters. The van der Waals surface area contributed by atoms with E-state index >= 15 is 0 Å². The molecular weight excluding hydrogens is 205 g/mol. The minimum atomic E-state index is -0.175. The van der Waals surface area contributed by atoms with Crippen molar-refractivity contribution in [2.45, 2.75) is 33.4 Å². The molecule has 0 aromatic heterocycles. The standard InChI is InChI=1S/C13H20FNO/c1-9(2)13(8-16)15-7-11-4-5-12(14)10(3)6-11/h4-6,9,13,15-16H,7-8H2,1-3H3/t13-/m1/s1. The van der Waals surface area contributed by atoms with Crippen LogP contribution in [0.4, 0.5) is 4.39 Å². The van der Waals surface area contributed by atoms with Crippen LogP contribution >= 0.6 is 0 Å². The lowest BCUT2D eigenvalue weighted by Gasteiger charge is -2.20. The number of halogens is 1. The number of rotatable bonds is 5. The smallest absolute Gasteiger partial charge is 0.126 e. The topological polar surface area (TPSA) is 32.3 Å². The SMILES string of the molecule is Cc1cc(CN[C@H](CO)C(C)C)ccc1F. The molecule has 0 saturated carbocycles. The fraction of sp³-hybridized carbons (Fsp3) is 0.538. The van der Waals surface area contributed by atoms with E-state index in [9.17, 15) is 4.39 Å². The van der Waals surface area contributed by atoms with Crippen LogP contribution in [-0.4, -0.2) is 17.8 Å².